The number of ether oxygens (including phenoxy) is 1. The Balaban J connectivity index is 1.46. The van der Waals surface area contributed by atoms with Crippen molar-refractivity contribution in [1.29, 1.82) is 0 Å². The normalized spacial score (nSPS) is 21.8. The van der Waals surface area contributed by atoms with Crippen LogP contribution >= 0.6 is 0 Å². The number of hydrogen-bond acceptors (Lipinski definition) is 4. The predicted molar refractivity (Wildman–Crippen MR) is 95.1 cm³/mol. The van der Waals surface area contributed by atoms with Crippen molar-refractivity contribution in [1.82, 2.24) is 15.5 Å². The van der Waals surface area contributed by atoms with Gasteiger partial charge in [0.1, 0.15) is 5.75 Å². The summed E-state index contributed by atoms with van der Waals surface area (Å²) in [5, 5.41) is 6.42. The van der Waals surface area contributed by atoms with Crippen LogP contribution in [-0.2, 0) is 4.79 Å². The monoisotopic (exact) mass is 331 g/mol. The second-order valence-electron chi connectivity index (χ2n) is 6.91. The van der Waals surface area contributed by atoms with E-state index in [1.165, 1.54) is 19.3 Å². The maximum atomic E-state index is 12.4. The molecule has 5 nitrogen and oxygen atoms in total. The largest absolute Gasteiger partial charge is 0.493 e. The Kier molecular flexibility index (Phi) is 6.10. The minimum atomic E-state index is 0.0793. The highest BCUT2D eigenvalue weighted by atomic mass is 16.5. The van der Waals surface area contributed by atoms with Crippen molar-refractivity contribution in [3.05, 3.63) is 29.8 Å². The van der Waals surface area contributed by atoms with Gasteiger partial charge in [-0.1, -0.05) is 18.2 Å². The zero-order valence-corrected chi connectivity index (χ0v) is 14.6. The van der Waals surface area contributed by atoms with Crippen LogP contribution in [0.3, 0.4) is 0 Å². The molecule has 5 heteroatoms. The summed E-state index contributed by atoms with van der Waals surface area (Å²) in [6.45, 7) is 4.34. The van der Waals surface area contributed by atoms with Crippen LogP contribution in [0.1, 0.15) is 37.3 Å². The van der Waals surface area contributed by atoms with Gasteiger partial charge in [0.05, 0.1) is 19.2 Å². The van der Waals surface area contributed by atoms with Gasteiger partial charge in [-0.2, -0.15) is 0 Å². The summed E-state index contributed by atoms with van der Waals surface area (Å²) in [6.07, 6.45) is 4.49. The number of para-hydroxylation sites is 1. The predicted octanol–water partition coefficient (Wildman–Crippen LogP) is 1.95. The van der Waals surface area contributed by atoms with Crippen LogP contribution in [0.15, 0.2) is 24.3 Å². The molecule has 2 heterocycles. The number of piperidine rings is 1. The number of hydrogen-bond donors (Lipinski definition) is 2. The lowest BCUT2D eigenvalue weighted by Crippen LogP contribution is -2.43. The lowest BCUT2D eigenvalue weighted by molar-refractivity contribution is -0.123. The number of amides is 1. The second kappa shape index (κ2) is 8.49. The number of nitrogens with zero attached hydrogens (tertiary/aromatic N) is 1. The topological polar surface area (TPSA) is 53.6 Å². The van der Waals surface area contributed by atoms with Crippen molar-refractivity contribution in [2.45, 2.75) is 31.7 Å². The smallest absolute Gasteiger partial charge is 0.234 e. The summed E-state index contributed by atoms with van der Waals surface area (Å²) < 4.78 is 5.66. The SMILES string of the molecule is CNCCC1CCN(CC(=O)NC2CCOc3ccccc32)CC1. The van der Waals surface area contributed by atoms with E-state index < -0.39 is 0 Å². The van der Waals surface area contributed by atoms with E-state index in [1.54, 1.807) is 0 Å². The van der Waals surface area contributed by atoms with Gasteiger partial charge in [-0.25, -0.2) is 0 Å². The summed E-state index contributed by atoms with van der Waals surface area (Å²) in [4.78, 5) is 14.7. The van der Waals surface area contributed by atoms with Crippen molar-refractivity contribution in [3.8, 4) is 5.75 Å². The van der Waals surface area contributed by atoms with E-state index in [0.29, 0.717) is 13.2 Å². The molecule has 1 atom stereocenters. The molecule has 1 fully saturated rings. The maximum Gasteiger partial charge on any atom is 0.234 e. The molecule has 1 aromatic carbocycles. The first-order valence-electron chi connectivity index (χ1n) is 9.14. The van der Waals surface area contributed by atoms with Gasteiger partial charge in [-0.15, -0.1) is 0 Å². The van der Waals surface area contributed by atoms with Crippen molar-refractivity contribution in [2.75, 3.05) is 39.8 Å². The molecule has 0 saturated carbocycles. The summed E-state index contributed by atoms with van der Waals surface area (Å²) in [5.74, 6) is 1.84. The number of fused-ring (bicyclic) bond motifs is 1. The zero-order chi connectivity index (χ0) is 16.8. The molecule has 2 aliphatic rings. The van der Waals surface area contributed by atoms with Crippen molar-refractivity contribution < 1.29 is 9.53 Å². The molecule has 0 aromatic heterocycles. The highest BCUT2D eigenvalue weighted by Gasteiger charge is 2.25. The molecule has 132 valence electrons. The first-order valence-corrected chi connectivity index (χ1v) is 9.14. The average molecular weight is 331 g/mol. The zero-order valence-electron chi connectivity index (χ0n) is 14.6. The number of rotatable bonds is 6. The third-order valence-corrected chi connectivity index (χ3v) is 5.17. The lowest BCUT2D eigenvalue weighted by atomic mass is 9.93. The average Bonchev–Trinajstić information content (AvgIpc) is 2.61. The molecule has 0 radical (unpaired) electrons. The minimum absolute atomic E-state index is 0.0793. The standard InChI is InChI=1S/C19H29N3O2/c1-20-10-6-15-7-11-22(12-8-15)14-19(23)21-17-9-13-24-18-5-3-2-4-16(17)18/h2-5,15,17,20H,6-14H2,1H3,(H,21,23). The van der Waals surface area contributed by atoms with E-state index >= 15 is 0 Å². The van der Waals surface area contributed by atoms with Crippen LogP contribution < -0.4 is 15.4 Å². The Morgan fingerprint density at radius 3 is 2.83 bits per heavy atom. The van der Waals surface area contributed by atoms with Crippen LogP contribution in [0.4, 0.5) is 0 Å². The molecular weight excluding hydrogens is 302 g/mol. The summed E-state index contributed by atoms with van der Waals surface area (Å²) in [6, 6.07) is 8.08. The Morgan fingerprint density at radius 2 is 2.04 bits per heavy atom. The number of carbonyl (C=O) groups excluding carboxylic acids is 1. The Bertz CT molecular complexity index is 541. The van der Waals surface area contributed by atoms with Gasteiger partial charge in [0.25, 0.3) is 0 Å². The van der Waals surface area contributed by atoms with E-state index in [0.717, 1.165) is 43.3 Å². The first kappa shape index (κ1) is 17.2. The summed E-state index contributed by atoms with van der Waals surface area (Å²) in [7, 11) is 2.01. The molecule has 0 aliphatic carbocycles. The third kappa shape index (κ3) is 4.48. The van der Waals surface area contributed by atoms with Crippen molar-refractivity contribution in [2.24, 2.45) is 5.92 Å². The van der Waals surface area contributed by atoms with E-state index in [4.69, 9.17) is 4.74 Å². The molecule has 24 heavy (non-hydrogen) atoms. The third-order valence-electron chi connectivity index (χ3n) is 5.17. The second-order valence-corrected chi connectivity index (χ2v) is 6.91. The molecule has 1 amide bonds. The highest BCUT2D eigenvalue weighted by molar-refractivity contribution is 5.78. The van der Waals surface area contributed by atoms with Crippen LogP contribution in [0.2, 0.25) is 0 Å². The van der Waals surface area contributed by atoms with Crippen LogP contribution in [0.5, 0.6) is 5.75 Å². The molecular formula is C19H29N3O2. The van der Waals surface area contributed by atoms with Gasteiger partial charge in [-0.05, 0) is 57.9 Å². The molecule has 1 aromatic rings. The maximum absolute atomic E-state index is 12.4. The molecule has 1 saturated heterocycles. The van der Waals surface area contributed by atoms with Crippen LogP contribution in [0.25, 0.3) is 0 Å². The fourth-order valence-corrected chi connectivity index (χ4v) is 3.72. The van der Waals surface area contributed by atoms with Crippen molar-refractivity contribution >= 4 is 5.91 Å². The molecule has 1 unspecified atom stereocenters. The Morgan fingerprint density at radius 1 is 1.25 bits per heavy atom. The van der Waals surface area contributed by atoms with Crippen molar-refractivity contribution in [3.63, 3.8) is 0 Å². The molecule has 3 rings (SSSR count). The van der Waals surface area contributed by atoms with E-state index in [9.17, 15) is 4.79 Å². The highest BCUT2D eigenvalue weighted by Crippen LogP contribution is 2.31. The van der Waals surface area contributed by atoms with Gasteiger partial charge in [0, 0.05) is 12.0 Å². The molecule has 0 spiro atoms. The number of nitrogens with one attached hydrogen (secondary N) is 2. The molecule has 2 aliphatic heterocycles. The number of likely N-dealkylation sites (tertiary alicyclic amines) is 1. The van der Waals surface area contributed by atoms with E-state index in [1.807, 2.05) is 31.3 Å². The van der Waals surface area contributed by atoms with E-state index in [-0.39, 0.29) is 11.9 Å². The lowest BCUT2D eigenvalue weighted by Gasteiger charge is -2.32. The molecule has 2 N–H and O–H groups in total. The Labute approximate surface area is 144 Å². The number of carbonyl (C=O) groups is 1. The summed E-state index contributed by atoms with van der Waals surface area (Å²) >= 11 is 0. The molecule has 0 bridgehead atoms. The van der Waals surface area contributed by atoms with Gasteiger partial charge >= 0.3 is 0 Å². The van der Waals surface area contributed by atoms with Gasteiger partial charge in [0.2, 0.25) is 5.91 Å². The van der Waals surface area contributed by atoms with Gasteiger partial charge < -0.3 is 15.4 Å². The van der Waals surface area contributed by atoms with Crippen LogP contribution in [-0.4, -0.2) is 50.6 Å². The fraction of sp³-hybridized carbons (Fsp3) is 0.632. The number of benzene rings is 1. The first-order chi connectivity index (χ1) is 11.8. The Hall–Kier alpha value is -1.59. The summed E-state index contributed by atoms with van der Waals surface area (Å²) in [5.41, 5.74) is 1.10. The van der Waals surface area contributed by atoms with E-state index in [2.05, 4.69) is 15.5 Å². The van der Waals surface area contributed by atoms with Gasteiger partial charge in [0.15, 0.2) is 0 Å². The minimum Gasteiger partial charge on any atom is -0.493 e. The van der Waals surface area contributed by atoms with Crippen LogP contribution in [0, 0.1) is 5.92 Å². The quantitative estimate of drug-likeness (QED) is 0.837. The van der Waals surface area contributed by atoms with Gasteiger partial charge in [-0.3, -0.25) is 9.69 Å². The fourth-order valence-electron chi connectivity index (χ4n) is 3.72.